The van der Waals surface area contributed by atoms with Gasteiger partial charge in [0.1, 0.15) is 16.5 Å². The van der Waals surface area contributed by atoms with Crippen molar-refractivity contribution >= 4 is 35.5 Å². The second-order valence-electron chi connectivity index (χ2n) is 4.52. The Labute approximate surface area is 145 Å². The van der Waals surface area contributed by atoms with Gasteiger partial charge in [-0.15, -0.1) is 11.8 Å². The summed E-state index contributed by atoms with van der Waals surface area (Å²) in [6.45, 7) is 0. The molecule has 2 amide bonds. The molecule has 0 spiro atoms. The van der Waals surface area contributed by atoms with Gasteiger partial charge in [0.05, 0.1) is 11.8 Å². The molecule has 0 radical (unpaired) electrons. The zero-order valence-electron chi connectivity index (χ0n) is 12.6. The Morgan fingerprint density at radius 3 is 2.68 bits per heavy atom. The van der Waals surface area contributed by atoms with Crippen LogP contribution < -0.4 is 10.9 Å². The van der Waals surface area contributed by atoms with E-state index in [1.807, 2.05) is 0 Å². The fraction of sp³-hybridized carbons (Fsp3) is 0.0667. The molecular weight excluding hydrogens is 353 g/mol. The number of nitrogens with zero attached hydrogens (tertiary/aromatic N) is 1. The lowest BCUT2D eigenvalue weighted by Gasteiger charge is -2.05. The number of carbonyl (C=O) groups excluding carboxylic acids is 2. The largest absolute Gasteiger partial charge is 0.433 e. The third-order valence-corrected chi connectivity index (χ3v) is 3.76. The molecule has 1 aromatic heterocycles. The quantitative estimate of drug-likeness (QED) is 0.351. The molecule has 2 N–H and O–H groups in total. The van der Waals surface area contributed by atoms with Crippen LogP contribution in [0, 0.1) is 15.9 Å². The van der Waals surface area contributed by atoms with Crippen molar-refractivity contribution in [3.8, 4) is 0 Å². The summed E-state index contributed by atoms with van der Waals surface area (Å²) in [5, 5.41) is 10.5. The first-order valence-corrected chi connectivity index (χ1v) is 7.82. The molecule has 0 aliphatic carbocycles. The van der Waals surface area contributed by atoms with Gasteiger partial charge in [-0.25, -0.2) is 4.39 Å². The minimum atomic E-state index is -0.704. The predicted octanol–water partition coefficient (Wildman–Crippen LogP) is 2.28. The first-order chi connectivity index (χ1) is 12.0. The van der Waals surface area contributed by atoms with Crippen LogP contribution in [0.1, 0.15) is 5.76 Å². The lowest BCUT2D eigenvalue weighted by atomic mass is 10.3. The Morgan fingerprint density at radius 1 is 1.24 bits per heavy atom. The van der Waals surface area contributed by atoms with Crippen LogP contribution in [0.4, 0.5) is 10.3 Å². The highest BCUT2D eigenvalue weighted by molar-refractivity contribution is 8.00. The van der Waals surface area contributed by atoms with Gasteiger partial charge in [0.25, 0.3) is 5.91 Å². The molecule has 0 bridgehead atoms. The number of nitrogens with one attached hydrogen (secondary N) is 2. The average Bonchev–Trinajstić information content (AvgIpc) is 3.07. The molecule has 0 fully saturated rings. The fourth-order valence-corrected chi connectivity index (χ4v) is 2.34. The Kier molecular flexibility index (Phi) is 6.29. The number of hydrazine groups is 1. The first kappa shape index (κ1) is 18.2. The molecule has 0 aliphatic heterocycles. The van der Waals surface area contributed by atoms with Crippen LogP contribution in [0.2, 0.25) is 0 Å². The van der Waals surface area contributed by atoms with E-state index < -0.39 is 28.4 Å². The fourth-order valence-electron chi connectivity index (χ4n) is 1.60. The van der Waals surface area contributed by atoms with Crippen LogP contribution in [-0.4, -0.2) is 22.5 Å². The van der Waals surface area contributed by atoms with Crippen LogP contribution in [-0.2, 0) is 9.59 Å². The van der Waals surface area contributed by atoms with E-state index in [9.17, 15) is 24.1 Å². The molecule has 0 unspecified atom stereocenters. The summed E-state index contributed by atoms with van der Waals surface area (Å²) in [6, 6.07) is 8.49. The van der Waals surface area contributed by atoms with E-state index >= 15 is 0 Å². The summed E-state index contributed by atoms with van der Waals surface area (Å²) >= 11 is 0.987. The third kappa shape index (κ3) is 5.77. The number of halogens is 1. The summed E-state index contributed by atoms with van der Waals surface area (Å²) in [4.78, 5) is 33.2. The summed E-state index contributed by atoms with van der Waals surface area (Å²) in [7, 11) is 0. The van der Waals surface area contributed by atoms with Gasteiger partial charge in [0, 0.05) is 11.0 Å². The van der Waals surface area contributed by atoms with E-state index in [-0.39, 0.29) is 11.5 Å². The zero-order chi connectivity index (χ0) is 18.2. The number of hydrogen-bond acceptors (Lipinski definition) is 6. The number of benzene rings is 1. The molecule has 0 saturated carbocycles. The van der Waals surface area contributed by atoms with Crippen molar-refractivity contribution in [2.45, 2.75) is 4.90 Å². The van der Waals surface area contributed by atoms with Crippen molar-refractivity contribution in [3.63, 3.8) is 0 Å². The number of furan rings is 1. The van der Waals surface area contributed by atoms with E-state index in [1.54, 1.807) is 12.1 Å². The molecule has 0 saturated heterocycles. The van der Waals surface area contributed by atoms with Crippen molar-refractivity contribution in [1.82, 2.24) is 10.9 Å². The molecule has 2 aromatic rings. The van der Waals surface area contributed by atoms with Crippen molar-refractivity contribution in [3.05, 3.63) is 64.2 Å². The molecular formula is C15H12FN3O5S. The van der Waals surface area contributed by atoms with Gasteiger partial charge in [0.15, 0.2) is 0 Å². The molecule has 25 heavy (non-hydrogen) atoms. The topological polar surface area (TPSA) is 114 Å². The van der Waals surface area contributed by atoms with Crippen LogP contribution in [0.3, 0.4) is 0 Å². The zero-order valence-corrected chi connectivity index (χ0v) is 13.4. The van der Waals surface area contributed by atoms with Crippen molar-refractivity contribution in [2.24, 2.45) is 0 Å². The van der Waals surface area contributed by atoms with Gasteiger partial charge in [-0.1, -0.05) is 12.1 Å². The SMILES string of the molecule is O=C(/C=C/c1ccc([N+](=O)[O-])o1)NNC(=O)CSc1ccccc1F. The molecule has 8 nitrogen and oxygen atoms in total. The summed E-state index contributed by atoms with van der Waals surface area (Å²) in [5.74, 6) is -2.04. The number of rotatable bonds is 6. The molecule has 130 valence electrons. The Hall–Kier alpha value is -3.14. The minimum absolute atomic E-state index is 0.0880. The summed E-state index contributed by atoms with van der Waals surface area (Å²) in [6.07, 6.45) is 2.25. The maximum absolute atomic E-state index is 13.4. The van der Waals surface area contributed by atoms with Gasteiger partial charge >= 0.3 is 5.88 Å². The average molecular weight is 365 g/mol. The number of nitro groups is 1. The number of carbonyl (C=O) groups is 2. The molecule has 2 rings (SSSR count). The Bertz CT molecular complexity index is 821. The lowest BCUT2D eigenvalue weighted by molar-refractivity contribution is -0.402. The van der Waals surface area contributed by atoms with Gasteiger partial charge in [-0.05, 0) is 24.3 Å². The third-order valence-electron chi connectivity index (χ3n) is 2.71. The predicted molar refractivity (Wildman–Crippen MR) is 87.8 cm³/mol. The first-order valence-electron chi connectivity index (χ1n) is 6.84. The molecule has 0 atom stereocenters. The molecule has 10 heteroatoms. The second-order valence-corrected chi connectivity index (χ2v) is 5.54. The smallest absolute Gasteiger partial charge is 0.401 e. The number of hydrogen-bond donors (Lipinski definition) is 2. The summed E-state index contributed by atoms with van der Waals surface area (Å²) < 4.78 is 18.2. The maximum Gasteiger partial charge on any atom is 0.433 e. The molecule has 1 aromatic carbocycles. The number of amides is 2. The number of thioether (sulfide) groups is 1. The van der Waals surface area contributed by atoms with Crippen molar-refractivity contribution in [1.29, 1.82) is 0 Å². The summed E-state index contributed by atoms with van der Waals surface area (Å²) in [5.41, 5.74) is 4.29. The van der Waals surface area contributed by atoms with Gasteiger partial charge in [0.2, 0.25) is 5.91 Å². The van der Waals surface area contributed by atoms with E-state index in [4.69, 9.17) is 4.42 Å². The van der Waals surface area contributed by atoms with Gasteiger partial charge in [-0.2, -0.15) is 0 Å². The van der Waals surface area contributed by atoms with Crippen LogP contribution in [0.15, 0.2) is 51.8 Å². The monoisotopic (exact) mass is 365 g/mol. The van der Waals surface area contributed by atoms with E-state index in [2.05, 4.69) is 10.9 Å². The normalized spacial score (nSPS) is 10.6. The van der Waals surface area contributed by atoms with E-state index in [0.29, 0.717) is 4.90 Å². The molecule has 0 aliphatic rings. The van der Waals surface area contributed by atoms with Gasteiger partial charge < -0.3 is 4.42 Å². The van der Waals surface area contributed by atoms with Crippen LogP contribution in [0.25, 0.3) is 6.08 Å². The van der Waals surface area contributed by atoms with Gasteiger partial charge in [-0.3, -0.25) is 30.6 Å². The van der Waals surface area contributed by atoms with E-state index in [0.717, 1.165) is 23.9 Å². The highest BCUT2D eigenvalue weighted by Crippen LogP contribution is 2.20. The maximum atomic E-state index is 13.4. The standard InChI is InChI=1S/C15H12FN3O5S/c16-11-3-1-2-4-12(11)25-9-14(21)18-17-13(20)7-5-10-6-8-15(24-10)19(22)23/h1-8H,9H2,(H,17,20)(H,18,21)/b7-5+. The van der Waals surface area contributed by atoms with Crippen LogP contribution >= 0.6 is 11.8 Å². The van der Waals surface area contributed by atoms with E-state index in [1.165, 1.54) is 24.3 Å². The highest BCUT2D eigenvalue weighted by atomic mass is 32.2. The Morgan fingerprint density at radius 2 is 2.00 bits per heavy atom. The van der Waals surface area contributed by atoms with Crippen LogP contribution in [0.5, 0.6) is 0 Å². The van der Waals surface area contributed by atoms with Crippen molar-refractivity contribution in [2.75, 3.05) is 5.75 Å². The highest BCUT2D eigenvalue weighted by Gasteiger charge is 2.10. The Balaban J connectivity index is 1.75. The van der Waals surface area contributed by atoms with Crippen molar-refractivity contribution < 1.29 is 23.3 Å². The minimum Gasteiger partial charge on any atom is -0.401 e. The molecule has 1 heterocycles. The second kappa shape index (κ2) is 8.64. The lowest BCUT2D eigenvalue weighted by Crippen LogP contribution is -2.41.